The van der Waals surface area contributed by atoms with E-state index in [2.05, 4.69) is 5.32 Å². The minimum absolute atomic E-state index is 0.0458. The molecule has 0 bridgehead atoms. The van der Waals surface area contributed by atoms with Crippen LogP contribution in [0.15, 0.2) is 18.2 Å². The van der Waals surface area contributed by atoms with Crippen molar-refractivity contribution >= 4 is 11.9 Å². The second-order valence-electron chi connectivity index (χ2n) is 3.83. The minimum Gasteiger partial charge on any atom is -0.507 e. The third-order valence-electron chi connectivity index (χ3n) is 2.43. The number of esters is 1. The van der Waals surface area contributed by atoms with Crippen LogP contribution in [0, 0.1) is 0 Å². The van der Waals surface area contributed by atoms with Crippen LogP contribution >= 0.6 is 0 Å². The average Bonchev–Trinajstić information content (AvgIpc) is 2.39. The summed E-state index contributed by atoms with van der Waals surface area (Å²) < 4.78 is 9.92. The molecule has 0 heterocycles. The Kier molecular flexibility index (Phi) is 5.17. The van der Waals surface area contributed by atoms with Crippen LogP contribution in [0.5, 0.6) is 11.5 Å². The number of benzene rings is 1. The van der Waals surface area contributed by atoms with Gasteiger partial charge in [0.2, 0.25) is 0 Å². The summed E-state index contributed by atoms with van der Waals surface area (Å²) in [6, 6.07) is 4.19. The lowest BCUT2D eigenvalue weighted by Crippen LogP contribution is -2.35. The lowest BCUT2D eigenvalue weighted by molar-refractivity contribution is -0.128. The van der Waals surface area contributed by atoms with Gasteiger partial charge in [-0.1, -0.05) is 0 Å². The Bertz CT molecular complexity index is 472. The van der Waals surface area contributed by atoms with Crippen molar-refractivity contribution in [2.24, 2.45) is 0 Å². The van der Waals surface area contributed by atoms with Gasteiger partial charge in [-0.2, -0.15) is 0 Å². The lowest BCUT2D eigenvalue weighted by Gasteiger charge is -2.13. The molecule has 0 aliphatic carbocycles. The van der Waals surface area contributed by atoms with Crippen molar-refractivity contribution in [2.75, 3.05) is 13.7 Å². The molecular weight excluding hydrogens is 250 g/mol. The molecule has 0 saturated carbocycles. The monoisotopic (exact) mass is 267 g/mol. The van der Waals surface area contributed by atoms with Crippen LogP contribution in [0.3, 0.4) is 0 Å². The number of rotatable bonds is 5. The number of hydrogen-bond acceptors (Lipinski definition) is 5. The molecule has 6 nitrogen and oxygen atoms in total. The van der Waals surface area contributed by atoms with Crippen molar-refractivity contribution in [3.8, 4) is 11.5 Å². The van der Waals surface area contributed by atoms with Crippen molar-refractivity contribution in [3.05, 3.63) is 23.8 Å². The number of nitrogens with one attached hydrogen (secondary N) is 1. The van der Waals surface area contributed by atoms with Gasteiger partial charge in [-0.15, -0.1) is 0 Å². The summed E-state index contributed by atoms with van der Waals surface area (Å²) >= 11 is 0. The summed E-state index contributed by atoms with van der Waals surface area (Å²) in [5.41, 5.74) is -0.0458. The number of hydrogen-bond donors (Lipinski definition) is 2. The molecule has 19 heavy (non-hydrogen) atoms. The number of aromatic hydroxyl groups is 1. The zero-order chi connectivity index (χ0) is 14.4. The molecule has 1 aromatic rings. The van der Waals surface area contributed by atoms with Gasteiger partial charge >= 0.3 is 5.97 Å². The number of carbonyl (C=O) groups is 2. The summed E-state index contributed by atoms with van der Waals surface area (Å²) in [4.78, 5) is 23.3. The van der Waals surface area contributed by atoms with Crippen LogP contribution in [0.2, 0.25) is 0 Å². The molecule has 0 fully saturated rings. The van der Waals surface area contributed by atoms with Crippen LogP contribution < -0.4 is 10.1 Å². The molecule has 6 heteroatoms. The Morgan fingerprint density at radius 2 is 2.11 bits per heavy atom. The van der Waals surface area contributed by atoms with E-state index in [1.54, 1.807) is 6.92 Å². The van der Waals surface area contributed by atoms with Crippen LogP contribution in [-0.2, 0) is 9.53 Å². The highest BCUT2D eigenvalue weighted by atomic mass is 16.5. The molecule has 0 saturated heterocycles. The van der Waals surface area contributed by atoms with E-state index in [-0.39, 0.29) is 11.3 Å². The van der Waals surface area contributed by atoms with E-state index in [9.17, 15) is 14.7 Å². The molecule has 0 radical (unpaired) electrons. The van der Waals surface area contributed by atoms with E-state index in [0.29, 0.717) is 12.3 Å². The highest BCUT2D eigenvalue weighted by Crippen LogP contribution is 2.23. The summed E-state index contributed by atoms with van der Waals surface area (Å²) in [7, 11) is 1.44. The van der Waals surface area contributed by atoms with E-state index < -0.39 is 18.0 Å². The van der Waals surface area contributed by atoms with Gasteiger partial charge in [-0.3, -0.25) is 4.79 Å². The summed E-state index contributed by atoms with van der Waals surface area (Å²) in [6.45, 7) is 3.67. The fourth-order valence-electron chi connectivity index (χ4n) is 1.40. The molecule has 1 atom stereocenters. The normalized spacial score (nSPS) is 11.5. The molecule has 0 unspecified atom stereocenters. The topological polar surface area (TPSA) is 84.9 Å². The van der Waals surface area contributed by atoms with Crippen molar-refractivity contribution in [2.45, 2.75) is 20.0 Å². The highest BCUT2D eigenvalue weighted by molar-refractivity contribution is 5.94. The van der Waals surface area contributed by atoms with Gasteiger partial charge in [0.05, 0.1) is 7.11 Å². The van der Waals surface area contributed by atoms with Gasteiger partial charge in [0, 0.05) is 6.54 Å². The first-order valence-corrected chi connectivity index (χ1v) is 5.85. The van der Waals surface area contributed by atoms with E-state index in [4.69, 9.17) is 9.47 Å². The predicted molar refractivity (Wildman–Crippen MR) is 68.2 cm³/mol. The number of ether oxygens (including phenoxy) is 2. The molecule has 0 aliphatic rings. The fraction of sp³-hybridized carbons (Fsp3) is 0.385. The quantitative estimate of drug-likeness (QED) is 0.780. The zero-order valence-corrected chi connectivity index (χ0v) is 11.1. The number of phenols is 1. The first kappa shape index (κ1) is 14.8. The minimum atomic E-state index is -0.932. The van der Waals surface area contributed by atoms with Gasteiger partial charge in [-0.05, 0) is 32.0 Å². The SMILES string of the molecule is CCNC(=O)[C@H](C)OC(=O)c1cc(OC)ccc1O. The Morgan fingerprint density at radius 3 is 2.68 bits per heavy atom. The van der Waals surface area contributed by atoms with Crippen molar-refractivity contribution < 1.29 is 24.2 Å². The van der Waals surface area contributed by atoms with Crippen LogP contribution in [-0.4, -0.2) is 36.7 Å². The lowest BCUT2D eigenvalue weighted by atomic mass is 10.2. The van der Waals surface area contributed by atoms with Gasteiger partial charge in [0.1, 0.15) is 17.1 Å². The Labute approximate surface area is 111 Å². The van der Waals surface area contributed by atoms with Gasteiger partial charge in [0.25, 0.3) is 5.91 Å². The summed E-state index contributed by atoms with van der Waals surface area (Å²) in [5.74, 6) is -0.988. The Balaban J connectivity index is 2.80. The highest BCUT2D eigenvalue weighted by Gasteiger charge is 2.20. The van der Waals surface area contributed by atoms with Crippen molar-refractivity contribution in [1.29, 1.82) is 0 Å². The molecule has 0 aromatic heterocycles. The van der Waals surface area contributed by atoms with Crippen LogP contribution in [0.4, 0.5) is 0 Å². The van der Waals surface area contributed by atoms with E-state index in [0.717, 1.165) is 0 Å². The molecule has 0 aliphatic heterocycles. The van der Waals surface area contributed by atoms with Crippen LogP contribution in [0.25, 0.3) is 0 Å². The third-order valence-corrected chi connectivity index (χ3v) is 2.43. The Hall–Kier alpha value is -2.24. The van der Waals surface area contributed by atoms with E-state index in [1.165, 1.54) is 32.2 Å². The third kappa shape index (κ3) is 3.87. The molecular formula is C13H17NO5. The van der Waals surface area contributed by atoms with E-state index >= 15 is 0 Å². The van der Waals surface area contributed by atoms with Crippen LogP contribution in [0.1, 0.15) is 24.2 Å². The number of phenolic OH excluding ortho intramolecular Hbond substituents is 1. The smallest absolute Gasteiger partial charge is 0.342 e. The first-order valence-electron chi connectivity index (χ1n) is 5.85. The molecule has 1 rings (SSSR count). The maximum absolute atomic E-state index is 11.8. The molecule has 1 aromatic carbocycles. The van der Waals surface area contributed by atoms with Gasteiger partial charge in [-0.25, -0.2) is 4.79 Å². The number of carbonyl (C=O) groups excluding carboxylic acids is 2. The van der Waals surface area contributed by atoms with Gasteiger partial charge < -0.3 is 19.9 Å². The maximum atomic E-state index is 11.8. The molecule has 0 spiro atoms. The molecule has 104 valence electrons. The first-order chi connectivity index (χ1) is 8.99. The number of amides is 1. The second kappa shape index (κ2) is 6.63. The molecule has 1 amide bonds. The average molecular weight is 267 g/mol. The van der Waals surface area contributed by atoms with Crippen molar-refractivity contribution in [3.63, 3.8) is 0 Å². The standard InChI is InChI=1S/C13H17NO5/c1-4-14-12(16)8(2)19-13(17)10-7-9(18-3)5-6-11(10)15/h5-8,15H,4H2,1-3H3,(H,14,16)/t8-/m0/s1. The summed E-state index contributed by atoms with van der Waals surface area (Å²) in [6.07, 6.45) is -0.932. The molecule has 2 N–H and O–H groups in total. The number of methoxy groups -OCH3 is 1. The number of likely N-dealkylation sites (N-methyl/N-ethyl adjacent to an activating group) is 1. The Morgan fingerprint density at radius 1 is 1.42 bits per heavy atom. The second-order valence-corrected chi connectivity index (χ2v) is 3.83. The van der Waals surface area contributed by atoms with E-state index in [1.807, 2.05) is 0 Å². The predicted octanol–water partition coefficient (Wildman–Crippen LogP) is 1.08. The maximum Gasteiger partial charge on any atom is 0.342 e. The summed E-state index contributed by atoms with van der Waals surface area (Å²) in [5, 5.41) is 12.1. The zero-order valence-electron chi connectivity index (χ0n) is 11.1. The fourth-order valence-corrected chi connectivity index (χ4v) is 1.40. The van der Waals surface area contributed by atoms with Gasteiger partial charge in [0.15, 0.2) is 6.10 Å². The van der Waals surface area contributed by atoms with Crippen molar-refractivity contribution in [1.82, 2.24) is 5.32 Å². The largest absolute Gasteiger partial charge is 0.507 e.